The van der Waals surface area contributed by atoms with Gasteiger partial charge >= 0.3 is 0 Å². The van der Waals surface area contributed by atoms with Crippen LogP contribution in [0.4, 0.5) is 4.39 Å². The molecule has 1 saturated heterocycles. The number of hydrogen-bond acceptors (Lipinski definition) is 5. The third-order valence-electron chi connectivity index (χ3n) is 3.35. The molecule has 4 nitrogen and oxygen atoms in total. The minimum atomic E-state index is -0.497. The van der Waals surface area contributed by atoms with Gasteiger partial charge in [-0.3, -0.25) is 4.90 Å². The van der Waals surface area contributed by atoms with Crippen molar-refractivity contribution in [3.8, 4) is 5.88 Å². The van der Waals surface area contributed by atoms with Crippen LogP contribution >= 0.6 is 11.3 Å². The summed E-state index contributed by atoms with van der Waals surface area (Å²) in [6.45, 7) is 2.85. The van der Waals surface area contributed by atoms with E-state index >= 15 is 0 Å². The lowest BCUT2D eigenvalue weighted by molar-refractivity contribution is 0.0924. The highest BCUT2D eigenvalue weighted by atomic mass is 32.1. The Kier molecular flexibility index (Phi) is 4.22. The summed E-state index contributed by atoms with van der Waals surface area (Å²) in [6, 6.07) is 4.64. The molecule has 1 aliphatic rings. The quantitative estimate of drug-likeness (QED) is 0.812. The summed E-state index contributed by atoms with van der Waals surface area (Å²) >= 11 is 1.69. The van der Waals surface area contributed by atoms with Crippen molar-refractivity contribution < 1.29 is 9.13 Å². The summed E-state index contributed by atoms with van der Waals surface area (Å²) in [7, 11) is 0. The van der Waals surface area contributed by atoms with Crippen molar-refractivity contribution in [1.82, 2.24) is 14.9 Å². The summed E-state index contributed by atoms with van der Waals surface area (Å²) < 4.78 is 18.7. The molecule has 0 N–H and O–H groups in total. The molecular weight excluding hydrogens is 277 g/mol. The molecule has 0 aromatic carbocycles. The number of pyridine rings is 1. The van der Waals surface area contributed by atoms with E-state index in [4.69, 9.17) is 4.74 Å². The topological polar surface area (TPSA) is 38.2 Å². The van der Waals surface area contributed by atoms with E-state index in [1.165, 1.54) is 6.07 Å². The van der Waals surface area contributed by atoms with Gasteiger partial charge in [0.15, 0.2) is 0 Å². The summed E-state index contributed by atoms with van der Waals surface area (Å²) in [5, 5.41) is 3.15. The van der Waals surface area contributed by atoms with Crippen molar-refractivity contribution in [1.29, 1.82) is 0 Å². The van der Waals surface area contributed by atoms with E-state index in [0.717, 1.165) is 37.5 Å². The van der Waals surface area contributed by atoms with Crippen LogP contribution in [-0.2, 0) is 6.54 Å². The van der Waals surface area contributed by atoms with E-state index in [1.807, 2.05) is 11.6 Å². The van der Waals surface area contributed by atoms with Crippen LogP contribution in [0.2, 0.25) is 0 Å². The Bertz CT molecular complexity index is 541. The fraction of sp³-hybridized carbons (Fsp3) is 0.429. The molecule has 0 amide bonds. The molecule has 1 aliphatic heterocycles. The Labute approximate surface area is 121 Å². The number of nitrogens with zero attached hydrogens (tertiary/aromatic N) is 3. The Morgan fingerprint density at radius 1 is 1.35 bits per heavy atom. The number of likely N-dealkylation sites (tertiary alicyclic amines) is 1. The number of aromatic nitrogens is 2. The maximum atomic E-state index is 13.0. The van der Waals surface area contributed by atoms with Crippen LogP contribution in [0.5, 0.6) is 5.88 Å². The first-order valence-electron chi connectivity index (χ1n) is 6.69. The van der Waals surface area contributed by atoms with Gasteiger partial charge in [0.1, 0.15) is 11.1 Å². The molecule has 0 atom stereocenters. The van der Waals surface area contributed by atoms with Crippen molar-refractivity contribution in [2.45, 2.75) is 25.5 Å². The molecule has 6 heteroatoms. The number of rotatable bonds is 4. The van der Waals surface area contributed by atoms with E-state index in [-0.39, 0.29) is 6.10 Å². The lowest BCUT2D eigenvalue weighted by atomic mass is 10.1. The molecule has 0 radical (unpaired) electrons. The first-order valence-corrected chi connectivity index (χ1v) is 7.57. The molecule has 0 bridgehead atoms. The number of ether oxygens (including phenoxy) is 1. The van der Waals surface area contributed by atoms with Gasteiger partial charge in [0.05, 0.1) is 6.54 Å². The van der Waals surface area contributed by atoms with Gasteiger partial charge in [-0.05, 0) is 18.9 Å². The lowest BCUT2D eigenvalue weighted by Gasteiger charge is -2.31. The third-order valence-corrected chi connectivity index (χ3v) is 4.12. The second-order valence-corrected chi connectivity index (χ2v) is 5.80. The van der Waals surface area contributed by atoms with Crippen molar-refractivity contribution >= 4 is 11.3 Å². The largest absolute Gasteiger partial charge is 0.474 e. The zero-order chi connectivity index (χ0) is 13.8. The Morgan fingerprint density at radius 3 is 2.90 bits per heavy atom. The predicted molar refractivity (Wildman–Crippen MR) is 75.2 cm³/mol. The summed E-state index contributed by atoms with van der Waals surface area (Å²) in [6.07, 6.45) is 3.83. The predicted octanol–water partition coefficient (Wildman–Crippen LogP) is 2.72. The zero-order valence-electron chi connectivity index (χ0n) is 11.0. The fourth-order valence-electron chi connectivity index (χ4n) is 2.33. The average molecular weight is 293 g/mol. The zero-order valence-corrected chi connectivity index (χ0v) is 11.9. The molecule has 2 aromatic rings. The maximum absolute atomic E-state index is 13.0. The number of piperidine rings is 1. The van der Waals surface area contributed by atoms with E-state index in [9.17, 15) is 4.39 Å². The van der Waals surface area contributed by atoms with Crippen molar-refractivity contribution in [2.75, 3.05) is 13.1 Å². The van der Waals surface area contributed by atoms with E-state index in [2.05, 4.69) is 14.9 Å². The minimum Gasteiger partial charge on any atom is -0.474 e. The number of halogens is 1. The molecule has 0 unspecified atom stereocenters. The molecule has 3 heterocycles. The van der Waals surface area contributed by atoms with E-state index in [1.54, 1.807) is 23.5 Å². The molecule has 0 spiro atoms. The van der Waals surface area contributed by atoms with Crippen LogP contribution < -0.4 is 4.74 Å². The molecule has 0 aliphatic carbocycles. The van der Waals surface area contributed by atoms with Crippen molar-refractivity contribution in [2.24, 2.45) is 0 Å². The standard InChI is InChI=1S/C14H16FN3OS/c15-12-2-1-3-13(17-12)19-11-4-7-18(8-5-11)10-14-16-6-9-20-14/h1-3,6,9,11H,4-5,7-8,10H2. The van der Waals surface area contributed by atoms with Gasteiger partial charge < -0.3 is 4.74 Å². The molecule has 0 saturated carbocycles. The SMILES string of the molecule is Fc1cccc(OC2CCN(Cc3nccs3)CC2)n1. The first kappa shape index (κ1) is 13.5. The second-order valence-electron chi connectivity index (χ2n) is 4.82. The summed E-state index contributed by atoms with van der Waals surface area (Å²) in [5.41, 5.74) is 0. The second kappa shape index (κ2) is 6.28. The van der Waals surface area contributed by atoms with Crippen LogP contribution in [0.1, 0.15) is 17.8 Å². The normalized spacial score (nSPS) is 17.2. The van der Waals surface area contributed by atoms with Crippen LogP contribution in [0.3, 0.4) is 0 Å². The van der Waals surface area contributed by atoms with Gasteiger partial charge in [-0.15, -0.1) is 11.3 Å². The molecular formula is C14H16FN3OS. The van der Waals surface area contributed by atoms with E-state index in [0.29, 0.717) is 5.88 Å². The number of hydrogen-bond donors (Lipinski definition) is 0. The maximum Gasteiger partial charge on any atom is 0.216 e. The van der Waals surface area contributed by atoms with Gasteiger partial charge in [0.25, 0.3) is 0 Å². The summed E-state index contributed by atoms with van der Waals surface area (Å²) in [4.78, 5) is 10.4. The van der Waals surface area contributed by atoms with Crippen molar-refractivity contribution in [3.05, 3.63) is 40.7 Å². The Balaban J connectivity index is 1.48. The minimum absolute atomic E-state index is 0.122. The van der Waals surface area contributed by atoms with Gasteiger partial charge in [-0.1, -0.05) is 6.07 Å². The van der Waals surface area contributed by atoms with Crippen molar-refractivity contribution in [3.63, 3.8) is 0 Å². The molecule has 106 valence electrons. The molecule has 3 rings (SSSR count). The van der Waals surface area contributed by atoms with Gasteiger partial charge in [0.2, 0.25) is 11.8 Å². The molecule has 2 aromatic heterocycles. The fourth-order valence-corrected chi connectivity index (χ4v) is 2.99. The smallest absolute Gasteiger partial charge is 0.216 e. The highest BCUT2D eigenvalue weighted by Gasteiger charge is 2.21. The van der Waals surface area contributed by atoms with Crippen LogP contribution in [0, 0.1) is 5.95 Å². The van der Waals surface area contributed by atoms with Crippen LogP contribution in [-0.4, -0.2) is 34.1 Å². The average Bonchev–Trinajstić information content (AvgIpc) is 2.94. The first-order chi connectivity index (χ1) is 9.79. The van der Waals surface area contributed by atoms with Gasteiger partial charge in [0, 0.05) is 30.7 Å². The number of thiazole rings is 1. The highest BCUT2D eigenvalue weighted by molar-refractivity contribution is 7.09. The van der Waals surface area contributed by atoms with Gasteiger partial charge in [-0.25, -0.2) is 4.98 Å². The van der Waals surface area contributed by atoms with Crippen LogP contribution in [0.15, 0.2) is 29.8 Å². The highest BCUT2D eigenvalue weighted by Crippen LogP contribution is 2.19. The molecule has 1 fully saturated rings. The Hall–Kier alpha value is -1.53. The van der Waals surface area contributed by atoms with E-state index < -0.39 is 5.95 Å². The Morgan fingerprint density at radius 2 is 2.20 bits per heavy atom. The summed E-state index contributed by atoms with van der Waals surface area (Å²) in [5.74, 6) is -0.118. The third kappa shape index (κ3) is 3.52. The van der Waals surface area contributed by atoms with Crippen LogP contribution in [0.25, 0.3) is 0 Å². The van der Waals surface area contributed by atoms with Gasteiger partial charge in [-0.2, -0.15) is 9.37 Å². The lowest BCUT2D eigenvalue weighted by Crippen LogP contribution is -2.37. The monoisotopic (exact) mass is 293 g/mol. The molecule has 20 heavy (non-hydrogen) atoms.